The van der Waals surface area contributed by atoms with E-state index in [4.69, 9.17) is 5.11 Å². The lowest BCUT2D eigenvalue weighted by Crippen LogP contribution is -2.43. The first-order valence-electron chi connectivity index (χ1n) is 5.40. The van der Waals surface area contributed by atoms with Crippen LogP contribution in [0.15, 0.2) is 0 Å². The molecule has 4 nitrogen and oxygen atoms in total. The summed E-state index contributed by atoms with van der Waals surface area (Å²) in [5.74, 6) is -0.288. The van der Waals surface area contributed by atoms with Crippen LogP contribution in [0.3, 0.4) is 0 Å². The molecule has 1 amide bonds. The van der Waals surface area contributed by atoms with Gasteiger partial charge in [-0.25, -0.2) is 8.78 Å². The second-order valence-corrected chi connectivity index (χ2v) is 3.73. The third kappa shape index (κ3) is 7.53. The molecule has 1 atom stereocenters. The largest absolute Gasteiger partial charge is 0.395 e. The average molecular weight is 238 g/mol. The molecule has 0 saturated heterocycles. The van der Waals surface area contributed by atoms with E-state index >= 15 is 0 Å². The minimum Gasteiger partial charge on any atom is -0.395 e. The highest BCUT2D eigenvalue weighted by atomic mass is 19.3. The Morgan fingerprint density at radius 3 is 2.56 bits per heavy atom. The van der Waals surface area contributed by atoms with Crippen molar-refractivity contribution in [3.63, 3.8) is 0 Å². The zero-order valence-corrected chi connectivity index (χ0v) is 9.75. The highest BCUT2D eigenvalue weighted by Crippen LogP contribution is 1.98. The number of amides is 1. The van der Waals surface area contributed by atoms with Crippen molar-refractivity contribution in [1.29, 1.82) is 0 Å². The summed E-state index contributed by atoms with van der Waals surface area (Å²) in [6.07, 6.45) is -1.71. The number of carbonyl (C=O) groups excluding carboxylic acids is 1. The monoisotopic (exact) mass is 238 g/mol. The second kappa shape index (κ2) is 8.41. The molecule has 16 heavy (non-hydrogen) atoms. The molecule has 6 heteroatoms. The fourth-order valence-corrected chi connectivity index (χ4v) is 1.20. The molecule has 0 aliphatic rings. The summed E-state index contributed by atoms with van der Waals surface area (Å²) in [5.41, 5.74) is 0. The van der Waals surface area contributed by atoms with E-state index in [-0.39, 0.29) is 31.6 Å². The lowest BCUT2D eigenvalue weighted by Gasteiger charge is -2.21. The van der Waals surface area contributed by atoms with Crippen molar-refractivity contribution in [2.24, 2.45) is 0 Å². The quantitative estimate of drug-likeness (QED) is 0.646. The molecule has 1 unspecified atom stereocenters. The first-order chi connectivity index (χ1) is 7.49. The average Bonchev–Trinajstić information content (AvgIpc) is 2.16. The van der Waals surface area contributed by atoms with Crippen molar-refractivity contribution < 1.29 is 18.7 Å². The summed E-state index contributed by atoms with van der Waals surface area (Å²) in [6, 6.07) is 0.0371. The van der Waals surface area contributed by atoms with Gasteiger partial charge in [-0.2, -0.15) is 0 Å². The summed E-state index contributed by atoms with van der Waals surface area (Å²) < 4.78 is 24.3. The number of alkyl halides is 2. The summed E-state index contributed by atoms with van der Waals surface area (Å²) in [5, 5.41) is 11.4. The molecule has 0 aromatic heterocycles. The van der Waals surface area contributed by atoms with Crippen molar-refractivity contribution in [1.82, 2.24) is 10.2 Å². The molecule has 0 aromatic carbocycles. The molecule has 0 fully saturated rings. The maximum atomic E-state index is 12.1. The standard InChI is InChI=1S/C10H20F2N2O2/c1-3-8(2)13-10(16)7-14(4-5-15)6-9(11)12/h8-9,15H,3-7H2,1-2H3,(H,13,16). The van der Waals surface area contributed by atoms with Gasteiger partial charge in [0.05, 0.1) is 19.7 Å². The van der Waals surface area contributed by atoms with Crippen LogP contribution in [-0.4, -0.2) is 54.6 Å². The lowest BCUT2D eigenvalue weighted by molar-refractivity contribution is -0.123. The topological polar surface area (TPSA) is 52.6 Å². The van der Waals surface area contributed by atoms with Crippen LogP contribution in [0.25, 0.3) is 0 Å². The number of nitrogens with one attached hydrogen (secondary N) is 1. The Kier molecular flexibility index (Phi) is 8.01. The van der Waals surface area contributed by atoms with Gasteiger partial charge < -0.3 is 10.4 Å². The predicted molar refractivity (Wildman–Crippen MR) is 57.4 cm³/mol. The van der Waals surface area contributed by atoms with Crippen LogP contribution in [0, 0.1) is 0 Å². The van der Waals surface area contributed by atoms with E-state index in [0.717, 1.165) is 6.42 Å². The Bertz CT molecular complexity index is 203. The molecule has 0 aromatic rings. The van der Waals surface area contributed by atoms with Crippen molar-refractivity contribution >= 4 is 5.91 Å². The molecule has 0 aliphatic heterocycles. The van der Waals surface area contributed by atoms with Gasteiger partial charge in [0, 0.05) is 12.6 Å². The minimum atomic E-state index is -2.50. The normalized spacial score (nSPS) is 13.2. The summed E-state index contributed by atoms with van der Waals surface area (Å²) in [6.45, 7) is 3.03. The maximum absolute atomic E-state index is 12.1. The Balaban J connectivity index is 4.01. The molecule has 0 radical (unpaired) electrons. The third-order valence-electron chi connectivity index (χ3n) is 2.20. The van der Waals surface area contributed by atoms with Crippen molar-refractivity contribution in [2.45, 2.75) is 32.7 Å². The van der Waals surface area contributed by atoms with Crippen LogP contribution in [0.4, 0.5) is 8.78 Å². The molecule has 2 N–H and O–H groups in total. The smallest absolute Gasteiger partial charge is 0.251 e. The van der Waals surface area contributed by atoms with E-state index in [9.17, 15) is 13.6 Å². The van der Waals surface area contributed by atoms with E-state index in [1.807, 2.05) is 13.8 Å². The van der Waals surface area contributed by atoms with Crippen LogP contribution in [-0.2, 0) is 4.79 Å². The van der Waals surface area contributed by atoms with Crippen LogP contribution in [0.1, 0.15) is 20.3 Å². The zero-order valence-electron chi connectivity index (χ0n) is 9.75. The number of aliphatic hydroxyl groups is 1. The number of halogens is 2. The van der Waals surface area contributed by atoms with Crippen molar-refractivity contribution in [3.8, 4) is 0 Å². The van der Waals surface area contributed by atoms with E-state index in [2.05, 4.69) is 5.32 Å². The number of nitrogens with zero attached hydrogens (tertiary/aromatic N) is 1. The van der Waals surface area contributed by atoms with Gasteiger partial charge in [0.2, 0.25) is 5.91 Å². The predicted octanol–water partition coefficient (Wildman–Crippen LogP) is 0.460. The van der Waals surface area contributed by atoms with Gasteiger partial charge in [-0.05, 0) is 13.3 Å². The van der Waals surface area contributed by atoms with E-state index in [0.29, 0.717) is 0 Å². The Hall–Kier alpha value is -0.750. The first kappa shape index (κ1) is 15.2. The molecule has 0 spiro atoms. The van der Waals surface area contributed by atoms with E-state index < -0.39 is 13.0 Å². The number of hydrogen-bond acceptors (Lipinski definition) is 3. The Morgan fingerprint density at radius 2 is 2.12 bits per heavy atom. The molecule has 0 saturated carbocycles. The first-order valence-corrected chi connectivity index (χ1v) is 5.40. The zero-order chi connectivity index (χ0) is 12.6. The van der Waals surface area contributed by atoms with Gasteiger partial charge in [0.25, 0.3) is 6.43 Å². The van der Waals surface area contributed by atoms with Crippen LogP contribution >= 0.6 is 0 Å². The van der Waals surface area contributed by atoms with Gasteiger partial charge >= 0.3 is 0 Å². The van der Waals surface area contributed by atoms with Gasteiger partial charge in [0.15, 0.2) is 0 Å². The van der Waals surface area contributed by atoms with Crippen LogP contribution < -0.4 is 5.32 Å². The summed E-state index contributed by atoms with van der Waals surface area (Å²) >= 11 is 0. The minimum absolute atomic E-state index is 0.0371. The third-order valence-corrected chi connectivity index (χ3v) is 2.20. The van der Waals surface area contributed by atoms with Crippen LogP contribution in [0.5, 0.6) is 0 Å². The molecule has 0 bridgehead atoms. The molecule has 0 heterocycles. The summed E-state index contributed by atoms with van der Waals surface area (Å²) in [7, 11) is 0. The summed E-state index contributed by atoms with van der Waals surface area (Å²) in [4.78, 5) is 12.6. The highest BCUT2D eigenvalue weighted by molar-refractivity contribution is 5.78. The Morgan fingerprint density at radius 1 is 1.50 bits per heavy atom. The fourth-order valence-electron chi connectivity index (χ4n) is 1.20. The fraction of sp³-hybridized carbons (Fsp3) is 0.900. The SMILES string of the molecule is CCC(C)NC(=O)CN(CCO)CC(F)F. The molecule has 0 aliphatic carbocycles. The number of aliphatic hydroxyl groups excluding tert-OH is 1. The van der Waals surface area contributed by atoms with E-state index in [1.54, 1.807) is 0 Å². The van der Waals surface area contributed by atoms with E-state index in [1.165, 1.54) is 4.90 Å². The molecule has 0 rings (SSSR count). The second-order valence-electron chi connectivity index (χ2n) is 3.73. The molecular formula is C10H20F2N2O2. The van der Waals surface area contributed by atoms with Crippen molar-refractivity contribution in [3.05, 3.63) is 0 Å². The van der Waals surface area contributed by atoms with Gasteiger partial charge in [-0.15, -0.1) is 0 Å². The van der Waals surface area contributed by atoms with Gasteiger partial charge in [0.1, 0.15) is 0 Å². The number of hydrogen-bond donors (Lipinski definition) is 2. The molecular weight excluding hydrogens is 218 g/mol. The number of rotatable bonds is 8. The Labute approximate surface area is 94.6 Å². The highest BCUT2D eigenvalue weighted by Gasteiger charge is 2.15. The maximum Gasteiger partial charge on any atom is 0.251 e. The van der Waals surface area contributed by atoms with Crippen molar-refractivity contribution in [2.75, 3.05) is 26.2 Å². The molecule has 96 valence electrons. The van der Waals surface area contributed by atoms with Gasteiger partial charge in [-0.3, -0.25) is 9.69 Å². The lowest BCUT2D eigenvalue weighted by atomic mass is 10.2. The van der Waals surface area contributed by atoms with Crippen LogP contribution in [0.2, 0.25) is 0 Å². The number of carbonyl (C=O) groups is 1. The van der Waals surface area contributed by atoms with Gasteiger partial charge in [-0.1, -0.05) is 6.92 Å².